The summed E-state index contributed by atoms with van der Waals surface area (Å²) < 4.78 is 0. The molecule has 1 aromatic carbocycles. The van der Waals surface area contributed by atoms with E-state index in [9.17, 15) is 0 Å². The quantitative estimate of drug-likeness (QED) is 0.827. The van der Waals surface area contributed by atoms with Gasteiger partial charge >= 0.3 is 0 Å². The number of nitrogens with zero attached hydrogens (tertiary/aromatic N) is 1. The average Bonchev–Trinajstić information content (AvgIpc) is 2.06. The van der Waals surface area contributed by atoms with Crippen LogP contribution in [0, 0.1) is 11.3 Å². The van der Waals surface area contributed by atoms with Crippen LogP contribution in [0.3, 0.4) is 0 Å². The third-order valence-corrected chi connectivity index (χ3v) is 1.86. The van der Waals surface area contributed by atoms with Crippen molar-refractivity contribution in [3.05, 3.63) is 34.9 Å². The number of rotatable bonds is 2. The third-order valence-electron chi connectivity index (χ3n) is 1.61. The molecule has 2 N–H and O–H groups in total. The summed E-state index contributed by atoms with van der Waals surface area (Å²) in [7, 11) is 0. The zero-order valence-corrected chi connectivity index (χ0v) is 8.48. The molecule has 0 spiro atoms. The van der Waals surface area contributed by atoms with E-state index in [0.717, 1.165) is 5.56 Å². The fourth-order valence-electron chi connectivity index (χ4n) is 0.926. The molecule has 0 amide bonds. The predicted molar refractivity (Wildman–Crippen MR) is 55.9 cm³/mol. The molecule has 0 bridgehead atoms. The van der Waals surface area contributed by atoms with Crippen LogP contribution in [0.25, 0.3) is 0 Å². The minimum atomic E-state index is -0.202. The maximum atomic E-state index is 8.40. The van der Waals surface area contributed by atoms with Crippen LogP contribution < -0.4 is 5.73 Å². The molecule has 4 heteroatoms. The van der Waals surface area contributed by atoms with Gasteiger partial charge in [-0.05, 0) is 17.7 Å². The van der Waals surface area contributed by atoms with Gasteiger partial charge in [0.1, 0.15) is 0 Å². The Morgan fingerprint density at radius 2 is 1.92 bits per heavy atom. The highest BCUT2D eigenvalue weighted by Crippen LogP contribution is 2.16. The number of hydrogen-bond donors (Lipinski definition) is 1. The van der Waals surface area contributed by atoms with Gasteiger partial charge in [0.15, 0.2) is 0 Å². The van der Waals surface area contributed by atoms with Crippen molar-refractivity contribution in [1.29, 1.82) is 5.26 Å². The van der Waals surface area contributed by atoms with Gasteiger partial charge in [-0.25, -0.2) is 0 Å². The molecule has 0 aliphatic heterocycles. The molecular weight excluding hydrogens is 207 g/mol. The Kier molecular flexibility index (Phi) is 5.48. The van der Waals surface area contributed by atoms with Gasteiger partial charge in [0.05, 0.1) is 12.5 Å². The average molecular weight is 217 g/mol. The highest BCUT2D eigenvalue weighted by Gasteiger charge is 2.03. The fraction of sp³-hybridized carbons (Fsp3) is 0.222. The smallest absolute Gasteiger partial charge is 0.0641 e. The highest BCUT2D eigenvalue weighted by molar-refractivity contribution is 6.30. The largest absolute Gasteiger partial charge is 0.323 e. The second-order valence-electron chi connectivity index (χ2n) is 2.52. The van der Waals surface area contributed by atoms with Crippen LogP contribution in [0.5, 0.6) is 0 Å². The molecule has 1 aromatic rings. The van der Waals surface area contributed by atoms with Crippen molar-refractivity contribution >= 4 is 24.0 Å². The Balaban J connectivity index is 0.00000144. The van der Waals surface area contributed by atoms with Gasteiger partial charge in [-0.3, -0.25) is 0 Å². The summed E-state index contributed by atoms with van der Waals surface area (Å²) in [5.41, 5.74) is 6.64. The first-order valence-electron chi connectivity index (χ1n) is 3.62. The van der Waals surface area contributed by atoms with E-state index in [1.54, 1.807) is 12.1 Å². The molecule has 0 unspecified atom stereocenters. The molecule has 1 rings (SSSR count). The first kappa shape index (κ1) is 12.2. The lowest BCUT2D eigenvalue weighted by Crippen LogP contribution is -2.08. The fourth-order valence-corrected chi connectivity index (χ4v) is 1.05. The summed E-state index contributed by atoms with van der Waals surface area (Å²) in [4.78, 5) is 0. The Labute approximate surface area is 88.7 Å². The molecule has 0 radical (unpaired) electrons. The van der Waals surface area contributed by atoms with Gasteiger partial charge < -0.3 is 5.73 Å². The van der Waals surface area contributed by atoms with Crippen molar-refractivity contribution in [3.8, 4) is 6.07 Å². The molecule has 0 saturated heterocycles. The lowest BCUT2D eigenvalue weighted by Gasteiger charge is -2.06. The Hall–Kier alpha value is -0.750. The summed E-state index contributed by atoms with van der Waals surface area (Å²) in [5, 5.41) is 9.08. The number of benzene rings is 1. The van der Waals surface area contributed by atoms with E-state index < -0.39 is 0 Å². The van der Waals surface area contributed by atoms with E-state index in [0.29, 0.717) is 11.4 Å². The molecule has 0 aliphatic carbocycles. The number of nitriles is 1. The minimum Gasteiger partial charge on any atom is -0.323 e. The maximum absolute atomic E-state index is 8.40. The highest BCUT2D eigenvalue weighted by atomic mass is 35.5. The van der Waals surface area contributed by atoms with Crippen molar-refractivity contribution in [3.63, 3.8) is 0 Å². The Bertz CT molecular complexity index is 289. The molecule has 0 saturated carbocycles. The van der Waals surface area contributed by atoms with Crippen molar-refractivity contribution in [2.45, 2.75) is 12.5 Å². The molecule has 0 aromatic heterocycles. The summed E-state index contributed by atoms with van der Waals surface area (Å²) >= 11 is 5.69. The van der Waals surface area contributed by atoms with Crippen LogP contribution in [0.4, 0.5) is 0 Å². The van der Waals surface area contributed by atoms with Crippen LogP contribution in [0.1, 0.15) is 18.0 Å². The van der Waals surface area contributed by atoms with Gasteiger partial charge in [0, 0.05) is 11.1 Å². The molecule has 0 aliphatic rings. The van der Waals surface area contributed by atoms with Crippen LogP contribution in [0.15, 0.2) is 24.3 Å². The summed E-state index contributed by atoms with van der Waals surface area (Å²) in [6, 6.07) is 9.04. The first-order chi connectivity index (χ1) is 5.74. The number of nitrogens with two attached hydrogens (primary N) is 1. The Morgan fingerprint density at radius 1 is 1.38 bits per heavy atom. The van der Waals surface area contributed by atoms with Crippen LogP contribution in [-0.4, -0.2) is 0 Å². The van der Waals surface area contributed by atoms with Crippen LogP contribution in [0.2, 0.25) is 5.02 Å². The van der Waals surface area contributed by atoms with Gasteiger partial charge in [-0.2, -0.15) is 5.26 Å². The van der Waals surface area contributed by atoms with Gasteiger partial charge in [-0.1, -0.05) is 23.7 Å². The molecule has 0 fully saturated rings. The van der Waals surface area contributed by atoms with Crippen LogP contribution in [-0.2, 0) is 0 Å². The number of hydrogen-bond acceptors (Lipinski definition) is 2. The van der Waals surface area contributed by atoms with E-state index in [4.69, 9.17) is 22.6 Å². The van der Waals surface area contributed by atoms with E-state index in [1.165, 1.54) is 0 Å². The summed E-state index contributed by atoms with van der Waals surface area (Å²) in [5.74, 6) is 0. The topological polar surface area (TPSA) is 49.8 Å². The summed E-state index contributed by atoms with van der Waals surface area (Å²) in [6.07, 6.45) is 0.335. The SMILES string of the molecule is Cl.N#CC[C@H](N)c1ccc(Cl)cc1. The molecule has 70 valence electrons. The van der Waals surface area contributed by atoms with Crippen molar-refractivity contribution in [2.75, 3.05) is 0 Å². The molecule has 1 atom stereocenters. The zero-order chi connectivity index (χ0) is 8.97. The summed E-state index contributed by atoms with van der Waals surface area (Å²) in [6.45, 7) is 0. The normalized spacial score (nSPS) is 11.2. The van der Waals surface area contributed by atoms with E-state index in [-0.39, 0.29) is 18.4 Å². The monoisotopic (exact) mass is 216 g/mol. The van der Waals surface area contributed by atoms with Crippen molar-refractivity contribution in [1.82, 2.24) is 0 Å². The van der Waals surface area contributed by atoms with Gasteiger partial charge in [-0.15, -0.1) is 12.4 Å². The molecule has 13 heavy (non-hydrogen) atoms. The van der Waals surface area contributed by atoms with E-state index in [1.807, 2.05) is 18.2 Å². The zero-order valence-electron chi connectivity index (χ0n) is 6.90. The van der Waals surface area contributed by atoms with Crippen molar-refractivity contribution < 1.29 is 0 Å². The molecule has 0 heterocycles. The first-order valence-corrected chi connectivity index (χ1v) is 4.00. The van der Waals surface area contributed by atoms with E-state index in [2.05, 4.69) is 0 Å². The second kappa shape index (κ2) is 5.82. The lowest BCUT2D eigenvalue weighted by atomic mass is 10.1. The molecule has 2 nitrogen and oxygen atoms in total. The minimum absolute atomic E-state index is 0. The molecular formula is C9H10Cl2N2. The third kappa shape index (κ3) is 3.65. The number of halogens is 2. The predicted octanol–water partition coefficient (Wildman–Crippen LogP) is 2.68. The van der Waals surface area contributed by atoms with Crippen LogP contribution >= 0.6 is 24.0 Å². The standard InChI is InChI=1S/C9H9ClN2.ClH/c10-8-3-1-7(2-4-8)9(12)5-6-11;/h1-4,9H,5,12H2;1H/t9-;/m0./s1. The lowest BCUT2D eigenvalue weighted by molar-refractivity contribution is 0.748. The second-order valence-corrected chi connectivity index (χ2v) is 2.96. The Morgan fingerprint density at radius 3 is 2.38 bits per heavy atom. The van der Waals surface area contributed by atoms with Gasteiger partial charge in [0.25, 0.3) is 0 Å². The van der Waals surface area contributed by atoms with Crippen molar-refractivity contribution in [2.24, 2.45) is 5.73 Å². The van der Waals surface area contributed by atoms with E-state index >= 15 is 0 Å². The van der Waals surface area contributed by atoms with Gasteiger partial charge in [0.2, 0.25) is 0 Å². The maximum Gasteiger partial charge on any atom is 0.0641 e.